The molecule has 0 radical (unpaired) electrons. The molecular weight excluding hydrogens is 246 g/mol. The third kappa shape index (κ3) is 2.78. The molecular formula is C13H19N3O3. The predicted octanol–water partition coefficient (Wildman–Crippen LogP) is 2.10. The van der Waals surface area contributed by atoms with Crippen LogP contribution in [0.4, 0.5) is 17.1 Å². The minimum Gasteiger partial charge on any atom is -0.393 e. The van der Waals surface area contributed by atoms with Crippen LogP contribution in [0.15, 0.2) is 12.1 Å². The normalized spacial score (nSPS) is 23.4. The Morgan fingerprint density at radius 2 is 1.95 bits per heavy atom. The molecule has 1 aromatic rings. The Morgan fingerprint density at radius 1 is 1.37 bits per heavy atom. The molecule has 1 aliphatic heterocycles. The highest BCUT2D eigenvalue weighted by Gasteiger charge is 2.25. The van der Waals surface area contributed by atoms with Gasteiger partial charge < -0.3 is 15.4 Å². The summed E-state index contributed by atoms with van der Waals surface area (Å²) in [6.45, 7) is 7.44. The van der Waals surface area contributed by atoms with Crippen LogP contribution < -0.4 is 10.6 Å². The minimum absolute atomic E-state index is 0.0318. The summed E-state index contributed by atoms with van der Waals surface area (Å²) in [5.74, 6) is 0. The summed E-state index contributed by atoms with van der Waals surface area (Å²) in [7, 11) is 0. The first-order chi connectivity index (χ1) is 8.88. The average molecular weight is 265 g/mol. The fourth-order valence-electron chi connectivity index (χ4n) is 2.57. The monoisotopic (exact) mass is 265 g/mol. The SMILES string of the molecule is Cc1cc([N+](=O)[O-])c(N)cc1N1CC(C)OC(C)C1. The smallest absolute Gasteiger partial charge is 0.292 e. The number of ether oxygens (including phenoxy) is 1. The molecule has 19 heavy (non-hydrogen) atoms. The molecule has 1 saturated heterocycles. The summed E-state index contributed by atoms with van der Waals surface area (Å²) in [6, 6.07) is 3.23. The van der Waals surface area contributed by atoms with Crippen LogP contribution in [0.25, 0.3) is 0 Å². The third-order valence-corrected chi connectivity index (χ3v) is 3.30. The second-order valence-corrected chi connectivity index (χ2v) is 5.12. The molecule has 0 amide bonds. The molecule has 0 aliphatic carbocycles. The lowest BCUT2D eigenvalue weighted by molar-refractivity contribution is -0.383. The van der Waals surface area contributed by atoms with Gasteiger partial charge in [0.1, 0.15) is 5.69 Å². The van der Waals surface area contributed by atoms with Crippen LogP contribution in [0, 0.1) is 17.0 Å². The van der Waals surface area contributed by atoms with Crippen molar-refractivity contribution in [1.29, 1.82) is 0 Å². The number of nitrogen functional groups attached to an aromatic ring is 1. The highest BCUT2D eigenvalue weighted by molar-refractivity contribution is 5.70. The number of anilines is 2. The maximum Gasteiger partial charge on any atom is 0.292 e. The molecule has 1 heterocycles. The molecule has 1 aromatic carbocycles. The summed E-state index contributed by atoms with van der Waals surface area (Å²) >= 11 is 0. The molecule has 0 spiro atoms. The zero-order valence-corrected chi connectivity index (χ0v) is 11.4. The Bertz CT molecular complexity index is 494. The van der Waals surface area contributed by atoms with Gasteiger partial charge in [-0.25, -0.2) is 0 Å². The number of nitrogens with two attached hydrogens (primary N) is 1. The summed E-state index contributed by atoms with van der Waals surface area (Å²) in [5.41, 5.74) is 7.75. The number of hydrogen-bond acceptors (Lipinski definition) is 5. The van der Waals surface area contributed by atoms with Crippen molar-refractivity contribution in [1.82, 2.24) is 0 Å². The minimum atomic E-state index is -0.448. The van der Waals surface area contributed by atoms with Crippen molar-refractivity contribution in [2.45, 2.75) is 33.0 Å². The highest BCUT2D eigenvalue weighted by atomic mass is 16.6. The van der Waals surface area contributed by atoms with Gasteiger partial charge in [-0.05, 0) is 32.4 Å². The number of nitro groups is 1. The van der Waals surface area contributed by atoms with Gasteiger partial charge in [-0.15, -0.1) is 0 Å². The van der Waals surface area contributed by atoms with Crippen LogP contribution in [-0.4, -0.2) is 30.2 Å². The predicted molar refractivity (Wildman–Crippen MR) is 74.5 cm³/mol. The van der Waals surface area contributed by atoms with Gasteiger partial charge >= 0.3 is 0 Å². The van der Waals surface area contributed by atoms with E-state index in [0.29, 0.717) is 0 Å². The first-order valence-corrected chi connectivity index (χ1v) is 6.33. The summed E-state index contributed by atoms with van der Waals surface area (Å²) in [4.78, 5) is 12.6. The Hall–Kier alpha value is -1.82. The molecule has 2 unspecified atom stereocenters. The van der Waals surface area contributed by atoms with Crippen LogP contribution in [0.1, 0.15) is 19.4 Å². The van der Waals surface area contributed by atoms with Gasteiger partial charge in [0.15, 0.2) is 0 Å². The molecule has 104 valence electrons. The van der Waals surface area contributed by atoms with Crippen LogP contribution in [0.5, 0.6) is 0 Å². The summed E-state index contributed by atoms with van der Waals surface area (Å²) in [6.07, 6.45) is 0.277. The van der Waals surface area contributed by atoms with Crippen molar-refractivity contribution in [2.75, 3.05) is 23.7 Å². The molecule has 2 atom stereocenters. The molecule has 6 nitrogen and oxygen atoms in total. The number of hydrogen-bond donors (Lipinski definition) is 1. The van der Waals surface area contributed by atoms with E-state index in [1.54, 1.807) is 6.07 Å². The topological polar surface area (TPSA) is 81.6 Å². The third-order valence-electron chi connectivity index (χ3n) is 3.30. The van der Waals surface area contributed by atoms with Gasteiger partial charge in [-0.2, -0.15) is 0 Å². The van der Waals surface area contributed by atoms with Crippen LogP contribution >= 0.6 is 0 Å². The molecule has 0 saturated carbocycles. The van der Waals surface area contributed by atoms with Crippen molar-refractivity contribution < 1.29 is 9.66 Å². The first-order valence-electron chi connectivity index (χ1n) is 6.33. The van der Waals surface area contributed by atoms with Gasteiger partial charge in [0, 0.05) is 24.8 Å². The maximum absolute atomic E-state index is 10.9. The van der Waals surface area contributed by atoms with Crippen molar-refractivity contribution in [3.05, 3.63) is 27.8 Å². The van der Waals surface area contributed by atoms with E-state index >= 15 is 0 Å². The van der Waals surface area contributed by atoms with Crippen LogP contribution in [0.2, 0.25) is 0 Å². The maximum atomic E-state index is 10.9. The number of rotatable bonds is 2. The lowest BCUT2D eigenvalue weighted by atomic mass is 10.1. The van der Waals surface area contributed by atoms with E-state index < -0.39 is 4.92 Å². The molecule has 1 aliphatic rings. The Morgan fingerprint density at radius 3 is 2.47 bits per heavy atom. The Kier molecular flexibility index (Phi) is 3.61. The van der Waals surface area contributed by atoms with Gasteiger partial charge in [-0.3, -0.25) is 10.1 Å². The molecule has 0 aromatic heterocycles. The quantitative estimate of drug-likeness (QED) is 0.503. The van der Waals surface area contributed by atoms with E-state index in [-0.39, 0.29) is 23.6 Å². The standard InChI is InChI=1S/C13H19N3O3/c1-8-4-13(16(17)18)11(14)5-12(8)15-6-9(2)19-10(3)7-15/h4-5,9-10H,6-7,14H2,1-3H3. The van der Waals surface area contributed by atoms with E-state index in [1.165, 1.54) is 6.07 Å². The zero-order valence-electron chi connectivity index (χ0n) is 11.4. The van der Waals surface area contributed by atoms with Gasteiger partial charge in [0.2, 0.25) is 0 Å². The van der Waals surface area contributed by atoms with Crippen molar-refractivity contribution >= 4 is 17.1 Å². The van der Waals surface area contributed by atoms with E-state index in [4.69, 9.17) is 10.5 Å². The lowest BCUT2D eigenvalue weighted by Gasteiger charge is -2.37. The van der Waals surface area contributed by atoms with Gasteiger partial charge in [-0.1, -0.05) is 0 Å². The van der Waals surface area contributed by atoms with E-state index in [0.717, 1.165) is 24.3 Å². The summed E-state index contributed by atoms with van der Waals surface area (Å²) < 4.78 is 5.69. The number of morpholine rings is 1. The largest absolute Gasteiger partial charge is 0.393 e. The van der Waals surface area contributed by atoms with Crippen LogP contribution in [0.3, 0.4) is 0 Å². The molecule has 0 bridgehead atoms. The van der Waals surface area contributed by atoms with Gasteiger partial charge in [0.25, 0.3) is 5.69 Å². The number of nitrogens with zero attached hydrogens (tertiary/aromatic N) is 2. The van der Waals surface area contributed by atoms with E-state index in [9.17, 15) is 10.1 Å². The van der Waals surface area contributed by atoms with Crippen molar-refractivity contribution in [2.24, 2.45) is 0 Å². The molecule has 1 fully saturated rings. The number of nitro benzene ring substituents is 1. The summed E-state index contributed by atoms with van der Waals surface area (Å²) in [5, 5.41) is 10.9. The van der Waals surface area contributed by atoms with E-state index in [1.807, 2.05) is 20.8 Å². The fourth-order valence-corrected chi connectivity index (χ4v) is 2.57. The van der Waals surface area contributed by atoms with Crippen LogP contribution in [-0.2, 0) is 4.74 Å². The highest BCUT2D eigenvalue weighted by Crippen LogP contribution is 2.32. The Labute approximate surface area is 112 Å². The second kappa shape index (κ2) is 5.05. The fraction of sp³-hybridized carbons (Fsp3) is 0.538. The molecule has 6 heteroatoms. The van der Waals surface area contributed by atoms with Crippen molar-refractivity contribution in [3.8, 4) is 0 Å². The Balaban J connectivity index is 2.35. The van der Waals surface area contributed by atoms with Gasteiger partial charge in [0.05, 0.1) is 17.1 Å². The average Bonchev–Trinajstić information content (AvgIpc) is 2.30. The second-order valence-electron chi connectivity index (χ2n) is 5.12. The first kappa shape index (κ1) is 13.6. The van der Waals surface area contributed by atoms with Crippen molar-refractivity contribution in [3.63, 3.8) is 0 Å². The van der Waals surface area contributed by atoms with E-state index in [2.05, 4.69) is 4.90 Å². The lowest BCUT2D eigenvalue weighted by Crippen LogP contribution is -2.45. The number of benzene rings is 1. The molecule has 2 rings (SSSR count). The number of aryl methyl sites for hydroxylation is 1. The molecule has 2 N–H and O–H groups in total. The zero-order chi connectivity index (χ0) is 14.2.